The van der Waals surface area contributed by atoms with Crippen LogP contribution < -0.4 is 5.32 Å². The summed E-state index contributed by atoms with van der Waals surface area (Å²) >= 11 is 0. The fourth-order valence-corrected chi connectivity index (χ4v) is 5.57. The lowest BCUT2D eigenvalue weighted by atomic mass is 9.49. The molecule has 0 unspecified atom stereocenters. The van der Waals surface area contributed by atoms with Gasteiger partial charge in [-0.25, -0.2) is 0 Å². The van der Waals surface area contributed by atoms with E-state index in [4.69, 9.17) is 0 Å². The van der Waals surface area contributed by atoms with Gasteiger partial charge in [0.05, 0.1) is 0 Å². The third-order valence-corrected chi connectivity index (χ3v) is 5.95. The Kier molecular flexibility index (Phi) is 5.60. The maximum Gasteiger partial charge on any atom is -0.00436 e. The van der Waals surface area contributed by atoms with Crippen LogP contribution in [-0.2, 0) is 0 Å². The van der Waals surface area contributed by atoms with E-state index in [-0.39, 0.29) is 12.4 Å². The highest BCUT2D eigenvalue weighted by atomic mass is 35.5. The minimum atomic E-state index is 0. The van der Waals surface area contributed by atoms with Crippen LogP contribution in [0.25, 0.3) is 0 Å². The van der Waals surface area contributed by atoms with Gasteiger partial charge in [-0.3, -0.25) is 0 Å². The van der Waals surface area contributed by atoms with Crippen LogP contribution >= 0.6 is 12.4 Å². The molecule has 19 heavy (non-hydrogen) atoms. The van der Waals surface area contributed by atoms with E-state index in [2.05, 4.69) is 12.2 Å². The summed E-state index contributed by atoms with van der Waals surface area (Å²) in [6.07, 6.45) is 15.1. The van der Waals surface area contributed by atoms with Crippen molar-refractivity contribution in [3.63, 3.8) is 0 Å². The van der Waals surface area contributed by atoms with Gasteiger partial charge < -0.3 is 5.32 Å². The third-order valence-electron chi connectivity index (χ3n) is 5.95. The average Bonchev–Trinajstić information content (AvgIpc) is 2.32. The van der Waals surface area contributed by atoms with Crippen LogP contribution in [0.3, 0.4) is 0 Å². The van der Waals surface area contributed by atoms with Gasteiger partial charge in [-0.05, 0) is 87.6 Å². The van der Waals surface area contributed by atoms with Gasteiger partial charge in [-0.1, -0.05) is 19.8 Å². The molecule has 0 aliphatic heterocycles. The molecule has 4 saturated carbocycles. The highest BCUT2D eigenvalue weighted by Crippen LogP contribution is 2.61. The van der Waals surface area contributed by atoms with Crippen LogP contribution in [0.1, 0.15) is 71.1 Å². The molecule has 0 atom stereocenters. The topological polar surface area (TPSA) is 12.0 Å². The Labute approximate surface area is 125 Å². The summed E-state index contributed by atoms with van der Waals surface area (Å²) in [5.74, 6) is 3.36. The average molecular weight is 286 g/mol. The molecular formula is C17H32ClN. The summed E-state index contributed by atoms with van der Waals surface area (Å²) in [4.78, 5) is 0. The summed E-state index contributed by atoms with van der Waals surface area (Å²) in [5.41, 5.74) is 0.784. The first-order valence-electron chi connectivity index (χ1n) is 8.50. The number of unbranched alkanes of at least 4 members (excludes halogenated alkanes) is 2. The van der Waals surface area contributed by atoms with E-state index in [1.807, 2.05) is 0 Å². The molecule has 0 amide bonds. The number of hydrogen-bond acceptors (Lipinski definition) is 1. The van der Waals surface area contributed by atoms with Gasteiger partial charge in [0.1, 0.15) is 0 Å². The van der Waals surface area contributed by atoms with E-state index in [1.54, 1.807) is 38.5 Å². The molecular weight excluding hydrogens is 254 g/mol. The monoisotopic (exact) mass is 285 g/mol. The van der Waals surface area contributed by atoms with Crippen LogP contribution in [0.4, 0.5) is 0 Å². The lowest BCUT2D eigenvalue weighted by Gasteiger charge is -2.57. The van der Waals surface area contributed by atoms with Crippen LogP contribution in [0.2, 0.25) is 0 Å². The second-order valence-corrected chi connectivity index (χ2v) is 7.62. The van der Waals surface area contributed by atoms with Gasteiger partial charge in [0.2, 0.25) is 0 Å². The number of halogens is 1. The van der Waals surface area contributed by atoms with E-state index < -0.39 is 0 Å². The van der Waals surface area contributed by atoms with E-state index >= 15 is 0 Å². The summed E-state index contributed by atoms with van der Waals surface area (Å²) in [5, 5.41) is 3.70. The number of nitrogens with one attached hydrogen (secondary N) is 1. The molecule has 0 spiro atoms. The first-order valence-corrected chi connectivity index (χ1v) is 8.50. The predicted molar refractivity (Wildman–Crippen MR) is 84.9 cm³/mol. The van der Waals surface area contributed by atoms with Crippen molar-refractivity contribution in [3.05, 3.63) is 0 Å². The first-order chi connectivity index (χ1) is 8.80. The summed E-state index contributed by atoms with van der Waals surface area (Å²) in [6.45, 7) is 4.82. The first kappa shape index (κ1) is 15.6. The molecule has 0 radical (unpaired) electrons. The minimum Gasteiger partial charge on any atom is -0.317 e. The normalized spacial score (nSPS) is 39.3. The number of hydrogen-bond donors (Lipinski definition) is 1. The Hall–Kier alpha value is 0.250. The molecule has 4 aliphatic rings. The molecule has 4 bridgehead atoms. The van der Waals surface area contributed by atoms with Gasteiger partial charge in [0.15, 0.2) is 0 Å². The summed E-state index contributed by atoms with van der Waals surface area (Å²) in [6, 6.07) is 0. The van der Waals surface area contributed by atoms with E-state index in [9.17, 15) is 0 Å². The van der Waals surface area contributed by atoms with Crippen molar-refractivity contribution >= 4 is 12.4 Å². The smallest absolute Gasteiger partial charge is 0.00436 e. The van der Waals surface area contributed by atoms with Gasteiger partial charge in [0, 0.05) is 0 Å². The molecule has 4 fully saturated rings. The molecule has 2 heteroatoms. The lowest BCUT2D eigenvalue weighted by Crippen LogP contribution is -2.47. The fourth-order valence-electron chi connectivity index (χ4n) is 5.57. The molecule has 4 rings (SSSR count). The molecule has 1 nitrogen and oxygen atoms in total. The predicted octanol–water partition coefficient (Wildman–Crippen LogP) is 4.79. The Morgan fingerprint density at radius 1 is 0.895 bits per heavy atom. The quantitative estimate of drug-likeness (QED) is 0.663. The van der Waals surface area contributed by atoms with Crippen molar-refractivity contribution in [1.82, 2.24) is 5.32 Å². The number of rotatable bonds is 7. The van der Waals surface area contributed by atoms with Crippen molar-refractivity contribution in [3.8, 4) is 0 Å². The van der Waals surface area contributed by atoms with Crippen LogP contribution in [0.5, 0.6) is 0 Å². The molecule has 1 N–H and O–H groups in total. The maximum atomic E-state index is 3.70. The van der Waals surface area contributed by atoms with Crippen molar-refractivity contribution in [2.45, 2.75) is 71.1 Å². The van der Waals surface area contributed by atoms with Crippen LogP contribution in [0.15, 0.2) is 0 Å². The summed E-state index contributed by atoms with van der Waals surface area (Å²) in [7, 11) is 0. The Balaban J connectivity index is 0.00000133. The molecule has 112 valence electrons. The van der Waals surface area contributed by atoms with E-state index in [0.29, 0.717) is 0 Å². The fraction of sp³-hybridized carbons (Fsp3) is 1.00. The molecule has 4 aliphatic carbocycles. The van der Waals surface area contributed by atoms with Gasteiger partial charge in [-0.2, -0.15) is 0 Å². The molecule has 0 saturated heterocycles. The van der Waals surface area contributed by atoms with E-state index in [0.717, 1.165) is 23.2 Å². The minimum absolute atomic E-state index is 0. The highest BCUT2D eigenvalue weighted by Gasteiger charge is 2.50. The zero-order valence-corrected chi connectivity index (χ0v) is 13.4. The maximum absolute atomic E-state index is 3.70. The standard InChI is InChI=1S/C17H31N.ClH/c1-2-3-4-6-18-7-5-17-11-14-8-15(12-17)10-16(9-14)13-17;/h14-16,18H,2-13H2,1H3;1H. The Bertz CT molecular complexity index is 241. The molecule has 0 aromatic carbocycles. The second-order valence-electron chi connectivity index (χ2n) is 7.62. The second kappa shape index (κ2) is 6.80. The highest BCUT2D eigenvalue weighted by molar-refractivity contribution is 5.85. The Morgan fingerprint density at radius 3 is 2.00 bits per heavy atom. The van der Waals surface area contributed by atoms with Gasteiger partial charge in [-0.15, -0.1) is 12.4 Å². The molecule has 0 aromatic rings. The Morgan fingerprint density at radius 2 is 1.47 bits per heavy atom. The van der Waals surface area contributed by atoms with Crippen molar-refractivity contribution in [2.24, 2.45) is 23.2 Å². The van der Waals surface area contributed by atoms with Crippen LogP contribution in [-0.4, -0.2) is 13.1 Å². The zero-order valence-electron chi connectivity index (χ0n) is 12.6. The van der Waals surface area contributed by atoms with Crippen LogP contribution in [0, 0.1) is 23.2 Å². The third kappa shape index (κ3) is 3.67. The van der Waals surface area contributed by atoms with E-state index in [1.165, 1.54) is 38.8 Å². The van der Waals surface area contributed by atoms with Gasteiger partial charge >= 0.3 is 0 Å². The van der Waals surface area contributed by atoms with Gasteiger partial charge in [0.25, 0.3) is 0 Å². The van der Waals surface area contributed by atoms with Crippen molar-refractivity contribution < 1.29 is 0 Å². The SMILES string of the molecule is CCCCCNCCC12CC3CC(CC(C3)C1)C2.Cl. The molecule has 0 heterocycles. The van der Waals surface area contributed by atoms with Crippen molar-refractivity contribution in [2.75, 3.05) is 13.1 Å². The summed E-state index contributed by atoms with van der Waals surface area (Å²) < 4.78 is 0. The lowest BCUT2D eigenvalue weighted by molar-refractivity contribution is -0.0567. The van der Waals surface area contributed by atoms with Crippen molar-refractivity contribution in [1.29, 1.82) is 0 Å². The molecule has 0 aromatic heterocycles. The largest absolute Gasteiger partial charge is 0.317 e. The zero-order chi connectivity index (χ0) is 12.4.